The molecule has 0 bridgehead atoms. The minimum atomic E-state index is -5.08. The summed E-state index contributed by atoms with van der Waals surface area (Å²) >= 11 is 0. The van der Waals surface area contributed by atoms with Crippen LogP contribution >= 0.6 is 0 Å². The Morgan fingerprint density at radius 2 is 1.76 bits per heavy atom. The number of carboxylic acids is 1. The Hall–Kier alpha value is -4.30. The number of hydrogen-bond acceptors (Lipinski definition) is 7. The van der Waals surface area contributed by atoms with E-state index in [1.165, 1.54) is 29.0 Å². The van der Waals surface area contributed by atoms with Crippen LogP contribution in [0.3, 0.4) is 0 Å². The summed E-state index contributed by atoms with van der Waals surface area (Å²) in [4.78, 5) is 59.7. The highest BCUT2D eigenvalue weighted by atomic mass is 19.4. The summed E-state index contributed by atoms with van der Waals surface area (Å²) in [6.45, 7) is 3.36. The summed E-state index contributed by atoms with van der Waals surface area (Å²) in [5, 5.41) is 13.6. The zero-order chi connectivity index (χ0) is 28.8. The van der Waals surface area contributed by atoms with Crippen molar-refractivity contribution in [3.63, 3.8) is 0 Å². The van der Waals surface area contributed by atoms with E-state index in [1.807, 2.05) is 0 Å². The van der Waals surface area contributed by atoms with Gasteiger partial charge in [0.15, 0.2) is 0 Å². The number of methoxy groups -OCH3 is 1. The van der Waals surface area contributed by atoms with Crippen molar-refractivity contribution in [2.45, 2.75) is 26.4 Å². The Labute approximate surface area is 213 Å². The molecule has 38 heavy (non-hydrogen) atoms. The van der Waals surface area contributed by atoms with Gasteiger partial charge in [0.25, 0.3) is 11.5 Å². The standard InChI is InChI=1S/C21H23FN4O5.C2HF3O2/c1-12-13(2)20(29)24-23-17(12)9-14-4-5-16(22)15(8-14)21(30)26-7-6-25(18(27)10-26)11-19(28)31-3;3-2(4,5)1(6)7/h4-5,8H,6-7,9-11H2,1-3H3,(H,24,29);(H,6,7). The SMILES string of the molecule is COC(=O)CN1CCN(C(=O)c2cc(Cc3n[nH]c(=O)c(C)c3C)ccc2F)CC1=O.O=C(O)C(F)(F)F. The van der Waals surface area contributed by atoms with Crippen LogP contribution in [0.5, 0.6) is 0 Å². The van der Waals surface area contributed by atoms with Crippen LogP contribution in [0.25, 0.3) is 0 Å². The highest BCUT2D eigenvalue weighted by Crippen LogP contribution is 2.19. The number of amides is 2. The van der Waals surface area contributed by atoms with Gasteiger partial charge in [-0.1, -0.05) is 6.07 Å². The topological polar surface area (TPSA) is 150 Å². The average molecular weight is 544 g/mol. The highest BCUT2D eigenvalue weighted by Gasteiger charge is 2.38. The first kappa shape index (κ1) is 29.9. The van der Waals surface area contributed by atoms with Crippen LogP contribution in [0.15, 0.2) is 23.0 Å². The van der Waals surface area contributed by atoms with Crippen molar-refractivity contribution in [2.75, 3.05) is 33.3 Å². The molecule has 0 atom stereocenters. The number of nitrogens with one attached hydrogen (secondary N) is 1. The van der Waals surface area contributed by atoms with Crippen LogP contribution in [0, 0.1) is 19.7 Å². The summed E-state index contributed by atoms with van der Waals surface area (Å²) < 4.78 is 50.7. The first-order valence-corrected chi connectivity index (χ1v) is 10.9. The largest absolute Gasteiger partial charge is 0.490 e. The van der Waals surface area contributed by atoms with E-state index in [1.54, 1.807) is 19.9 Å². The first-order valence-electron chi connectivity index (χ1n) is 10.9. The van der Waals surface area contributed by atoms with Gasteiger partial charge in [-0.2, -0.15) is 18.3 Å². The van der Waals surface area contributed by atoms with Gasteiger partial charge in [0, 0.05) is 25.1 Å². The molecule has 1 aromatic heterocycles. The molecule has 0 unspecified atom stereocenters. The molecule has 0 aliphatic carbocycles. The molecule has 0 radical (unpaired) electrons. The fourth-order valence-corrected chi connectivity index (χ4v) is 3.32. The number of aromatic nitrogens is 2. The number of H-pyrrole nitrogens is 1. The maximum Gasteiger partial charge on any atom is 0.490 e. The molecule has 2 N–H and O–H groups in total. The van der Waals surface area contributed by atoms with Gasteiger partial charge >= 0.3 is 18.1 Å². The number of carbonyl (C=O) groups excluding carboxylic acids is 3. The number of piperazine rings is 1. The van der Waals surface area contributed by atoms with Crippen LogP contribution in [0.4, 0.5) is 17.6 Å². The molecule has 15 heteroatoms. The Bertz CT molecular complexity index is 1290. The van der Waals surface area contributed by atoms with Gasteiger partial charge in [-0.05, 0) is 37.1 Å². The smallest absolute Gasteiger partial charge is 0.475 e. The number of halogens is 4. The van der Waals surface area contributed by atoms with E-state index in [4.69, 9.17) is 9.90 Å². The molecule has 206 valence electrons. The lowest BCUT2D eigenvalue weighted by atomic mass is 10.0. The van der Waals surface area contributed by atoms with Crippen molar-refractivity contribution in [2.24, 2.45) is 0 Å². The van der Waals surface area contributed by atoms with Crippen LogP contribution in [-0.4, -0.2) is 88.3 Å². The third-order valence-corrected chi connectivity index (χ3v) is 5.66. The molecule has 0 saturated carbocycles. The molecule has 1 aliphatic rings. The summed E-state index contributed by atoms with van der Waals surface area (Å²) in [7, 11) is 1.23. The number of carbonyl (C=O) groups is 4. The van der Waals surface area contributed by atoms with Crippen molar-refractivity contribution in [3.05, 3.63) is 62.3 Å². The summed E-state index contributed by atoms with van der Waals surface area (Å²) in [6.07, 6.45) is -4.78. The molecule has 0 spiro atoms. The number of aliphatic carboxylic acids is 1. The Kier molecular flexibility index (Phi) is 9.68. The lowest BCUT2D eigenvalue weighted by molar-refractivity contribution is -0.192. The molecular weight excluding hydrogens is 520 g/mol. The molecule has 3 rings (SSSR count). The lowest BCUT2D eigenvalue weighted by Crippen LogP contribution is -2.53. The molecule has 2 aromatic rings. The molecule has 1 fully saturated rings. The monoisotopic (exact) mass is 544 g/mol. The first-order chi connectivity index (χ1) is 17.6. The van der Waals surface area contributed by atoms with Gasteiger partial charge < -0.3 is 19.6 Å². The molecule has 2 heterocycles. The quantitative estimate of drug-likeness (QED) is 0.421. The molecule has 1 aliphatic heterocycles. The van der Waals surface area contributed by atoms with Crippen molar-refractivity contribution in [3.8, 4) is 0 Å². The zero-order valence-electron chi connectivity index (χ0n) is 20.5. The number of alkyl halides is 3. The van der Waals surface area contributed by atoms with Gasteiger partial charge in [-0.25, -0.2) is 14.3 Å². The number of hydrogen-bond donors (Lipinski definition) is 2. The molecule has 11 nitrogen and oxygen atoms in total. The van der Waals surface area contributed by atoms with Gasteiger partial charge in [0.05, 0.1) is 18.4 Å². The third-order valence-electron chi connectivity index (χ3n) is 5.66. The van der Waals surface area contributed by atoms with Crippen molar-refractivity contribution < 1.29 is 46.6 Å². The fourth-order valence-electron chi connectivity index (χ4n) is 3.32. The van der Waals surface area contributed by atoms with Gasteiger partial charge in [0.2, 0.25) is 5.91 Å². The van der Waals surface area contributed by atoms with Gasteiger partial charge in [-0.15, -0.1) is 0 Å². The van der Waals surface area contributed by atoms with Crippen molar-refractivity contribution in [1.82, 2.24) is 20.0 Å². The van der Waals surface area contributed by atoms with E-state index in [2.05, 4.69) is 14.9 Å². The number of ether oxygens (including phenoxy) is 1. The Balaban J connectivity index is 0.000000638. The van der Waals surface area contributed by atoms with E-state index in [0.29, 0.717) is 23.2 Å². The number of nitrogens with zero attached hydrogens (tertiary/aromatic N) is 3. The Morgan fingerprint density at radius 1 is 1.13 bits per heavy atom. The van der Waals surface area contributed by atoms with E-state index in [0.717, 1.165) is 5.56 Å². The predicted octanol–water partition coefficient (Wildman–Crippen LogP) is 1.21. The third kappa shape index (κ3) is 7.60. The maximum atomic E-state index is 14.4. The second-order valence-corrected chi connectivity index (χ2v) is 8.16. The van der Waals surface area contributed by atoms with E-state index in [9.17, 15) is 36.7 Å². The molecular formula is C23H24F4N4O7. The minimum absolute atomic E-state index is 0.148. The van der Waals surface area contributed by atoms with Crippen LogP contribution in [0.2, 0.25) is 0 Å². The van der Waals surface area contributed by atoms with Gasteiger partial charge in [0.1, 0.15) is 18.9 Å². The van der Waals surface area contributed by atoms with E-state index >= 15 is 0 Å². The van der Waals surface area contributed by atoms with Crippen LogP contribution < -0.4 is 5.56 Å². The minimum Gasteiger partial charge on any atom is -0.475 e. The van der Waals surface area contributed by atoms with Crippen molar-refractivity contribution in [1.29, 1.82) is 0 Å². The lowest BCUT2D eigenvalue weighted by Gasteiger charge is -2.33. The zero-order valence-corrected chi connectivity index (χ0v) is 20.5. The number of esters is 1. The summed E-state index contributed by atoms with van der Waals surface area (Å²) in [5.41, 5.74) is 2.12. The Morgan fingerprint density at radius 3 is 2.32 bits per heavy atom. The number of benzene rings is 1. The number of rotatable bonds is 5. The maximum absolute atomic E-state index is 14.4. The summed E-state index contributed by atoms with van der Waals surface area (Å²) in [5.74, 6) is -5.01. The molecule has 1 saturated heterocycles. The predicted molar refractivity (Wildman–Crippen MR) is 122 cm³/mol. The number of carboxylic acid groups (broad SMARTS) is 1. The van der Waals surface area contributed by atoms with Gasteiger partial charge in [-0.3, -0.25) is 19.2 Å². The van der Waals surface area contributed by atoms with Crippen molar-refractivity contribution >= 4 is 23.8 Å². The average Bonchev–Trinajstić information content (AvgIpc) is 2.86. The van der Waals surface area contributed by atoms with E-state index < -0.39 is 35.7 Å². The van der Waals surface area contributed by atoms with Crippen LogP contribution in [0.1, 0.15) is 32.7 Å². The highest BCUT2D eigenvalue weighted by molar-refractivity contribution is 5.97. The fraction of sp³-hybridized carbons (Fsp3) is 0.391. The second kappa shape index (κ2) is 12.3. The molecule has 1 aromatic carbocycles. The van der Waals surface area contributed by atoms with Crippen LogP contribution in [-0.2, 0) is 25.5 Å². The molecule has 2 amide bonds. The number of aromatic amines is 1. The normalized spacial score (nSPS) is 13.5. The van der Waals surface area contributed by atoms with E-state index in [-0.39, 0.29) is 37.3 Å². The summed E-state index contributed by atoms with van der Waals surface area (Å²) in [6, 6.07) is 4.18. The second-order valence-electron chi connectivity index (χ2n) is 8.16.